The zero-order chi connectivity index (χ0) is 15.5. The molecule has 21 heavy (non-hydrogen) atoms. The second kappa shape index (κ2) is 6.62. The van der Waals surface area contributed by atoms with Crippen molar-refractivity contribution in [1.82, 2.24) is 9.29 Å². The zero-order valence-electron chi connectivity index (χ0n) is 11.6. The molecule has 2 N–H and O–H groups in total. The lowest BCUT2D eigenvalue weighted by Crippen LogP contribution is -2.25. The second-order valence-electron chi connectivity index (χ2n) is 4.71. The zero-order valence-corrected chi connectivity index (χ0v) is 13.2. The highest BCUT2D eigenvalue weighted by atomic mass is 35.5. The van der Waals surface area contributed by atoms with Gasteiger partial charge in [0.1, 0.15) is 0 Å². The standard InChI is InChI=1S/C14H17ClN2O3S/c1-17-9-14(8-13(17)10-18)21(19,20)16-7-6-11-2-4-12(15)5-3-11/h2-5,8-9,16,18H,6-7,10H2,1H3. The van der Waals surface area contributed by atoms with E-state index in [1.807, 2.05) is 12.1 Å². The van der Waals surface area contributed by atoms with Crippen molar-refractivity contribution < 1.29 is 13.5 Å². The third kappa shape index (κ3) is 4.07. The first kappa shape index (κ1) is 16.0. The molecule has 2 aromatic rings. The van der Waals surface area contributed by atoms with Gasteiger partial charge in [0.15, 0.2) is 0 Å². The summed E-state index contributed by atoms with van der Waals surface area (Å²) in [5.74, 6) is 0. The number of benzene rings is 1. The van der Waals surface area contributed by atoms with Crippen molar-refractivity contribution in [2.75, 3.05) is 6.54 Å². The Morgan fingerprint density at radius 2 is 1.95 bits per heavy atom. The number of hydrogen-bond donors (Lipinski definition) is 2. The molecule has 0 bridgehead atoms. The van der Waals surface area contributed by atoms with Crippen LogP contribution in [0.3, 0.4) is 0 Å². The van der Waals surface area contributed by atoms with Gasteiger partial charge in [-0.25, -0.2) is 13.1 Å². The van der Waals surface area contributed by atoms with E-state index in [0.29, 0.717) is 23.7 Å². The second-order valence-corrected chi connectivity index (χ2v) is 6.91. The number of aromatic nitrogens is 1. The van der Waals surface area contributed by atoms with Crippen LogP contribution in [-0.2, 0) is 30.1 Å². The number of rotatable bonds is 6. The van der Waals surface area contributed by atoms with Crippen LogP contribution in [0.4, 0.5) is 0 Å². The molecular weight excluding hydrogens is 312 g/mol. The van der Waals surface area contributed by atoms with Crippen LogP contribution in [0.2, 0.25) is 5.02 Å². The maximum atomic E-state index is 12.1. The molecule has 0 aliphatic carbocycles. The summed E-state index contributed by atoms with van der Waals surface area (Å²) in [5.41, 5.74) is 1.55. The van der Waals surface area contributed by atoms with Crippen molar-refractivity contribution in [3.05, 3.63) is 52.8 Å². The minimum Gasteiger partial charge on any atom is -0.390 e. The molecule has 1 aromatic heterocycles. The van der Waals surface area contributed by atoms with E-state index in [4.69, 9.17) is 16.7 Å². The molecule has 5 nitrogen and oxygen atoms in total. The molecule has 0 radical (unpaired) electrons. The first-order valence-electron chi connectivity index (χ1n) is 6.42. The van der Waals surface area contributed by atoms with Crippen LogP contribution in [-0.4, -0.2) is 24.6 Å². The quantitative estimate of drug-likeness (QED) is 0.847. The SMILES string of the molecule is Cn1cc(S(=O)(=O)NCCc2ccc(Cl)cc2)cc1CO. The van der Waals surface area contributed by atoms with Gasteiger partial charge in [0.2, 0.25) is 10.0 Å². The topological polar surface area (TPSA) is 71.3 Å². The Hall–Kier alpha value is -1.34. The van der Waals surface area contributed by atoms with Crippen LogP contribution in [0.1, 0.15) is 11.3 Å². The van der Waals surface area contributed by atoms with Gasteiger partial charge in [-0.1, -0.05) is 23.7 Å². The summed E-state index contributed by atoms with van der Waals surface area (Å²) in [4.78, 5) is 0.158. The summed E-state index contributed by atoms with van der Waals surface area (Å²) >= 11 is 5.79. The molecule has 0 amide bonds. The Kier molecular flexibility index (Phi) is 5.05. The molecule has 0 saturated carbocycles. The average molecular weight is 329 g/mol. The number of halogens is 1. The molecular formula is C14H17ClN2O3S. The lowest BCUT2D eigenvalue weighted by atomic mass is 10.2. The van der Waals surface area contributed by atoms with E-state index in [9.17, 15) is 8.42 Å². The summed E-state index contributed by atoms with van der Waals surface area (Å²) in [6.07, 6.45) is 2.06. The van der Waals surface area contributed by atoms with E-state index in [1.54, 1.807) is 23.7 Å². The van der Waals surface area contributed by atoms with Crippen molar-refractivity contribution in [3.8, 4) is 0 Å². The van der Waals surface area contributed by atoms with Gasteiger partial charge >= 0.3 is 0 Å². The molecule has 0 saturated heterocycles. The fraction of sp³-hybridized carbons (Fsp3) is 0.286. The average Bonchev–Trinajstić information content (AvgIpc) is 2.83. The lowest BCUT2D eigenvalue weighted by Gasteiger charge is -2.05. The number of nitrogens with one attached hydrogen (secondary N) is 1. The van der Waals surface area contributed by atoms with Crippen molar-refractivity contribution >= 4 is 21.6 Å². The maximum Gasteiger partial charge on any atom is 0.242 e. The van der Waals surface area contributed by atoms with E-state index >= 15 is 0 Å². The lowest BCUT2D eigenvalue weighted by molar-refractivity contribution is 0.272. The Morgan fingerprint density at radius 3 is 2.52 bits per heavy atom. The third-order valence-corrected chi connectivity index (χ3v) is 4.85. The van der Waals surface area contributed by atoms with Crippen LogP contribution in [0.5, 0.6) is 0 Å². The van der Waals surface area contributed by atoms with Gasteiger partial charge in [-0.05, 0) is 30.2 Å². The van der Waals surface area contributed by atoms with Crippen LogP contribution in [0.25, 0.3) is 0 Å². The van der Waals surface area contributed by atoms with Crippen molar-refractivity contribution in [3.63, 3.8) is 0 Å². The molecule has 2 rings (SSSR count). The van der Waals surface area contributed by atoms with Crippen molar-refractivity contribution in [2.45, 2.75) is 17.9 Å². The number of sulfonamides is 1. The summed E-state index contributed by atoms with van der Waals surface area (Å²) < 4.78 is 28.4. The molecule has 0 atom stereocenters. The predicted octanol–water partition coefficient (Wildman–Crippen LogP) is 1.69. The normalized spacial score (nSPS) is 11.8. The number of nitrogens with zero attached hydrogens (tertiary/aromatic N) is 1. The van der Waals surface area contributed by atoms with E-state index in [2.05, 4.69) is 4.72 Å². The minimum atomic E-state index is -3.56. The molecule has 1 aromatic carbocycles. The summed E-state index contributed by atoms with van der Waals surface area (Å²) in [5, 5.41) is 9.75. The number of aryl methyl sites for hydroxylation is 1. The summed E-state index contributed by atoms with van der Waals surface area (Å²) in [6.45, 7) is 0.101. The smallest absolute Gasteiger partial charge is 0.242 e. The van der Waals surface area contributed by atoms with Gasteiger partial charge in [0, 0.05) is 30.5 Å². The number of aliphatic hydroxyl groups is 1. The highest BCUT2D eigenvalue weighted by molar-refractivity contribution is 7.89. The van der Waals surface area contributed by atoms with E-state index in [-0.39, 0.29) is 11.5 Å². The highest BCUT2D eigenvalue weighted by Crippen LogP contribution is 2.14. The fourth-order valence-electron chi connectivity index (χ4n) is 1.95. The van der Waals surface area contributed by atoms with E-state index in [0.717, 1.165) is 5.56 Å². The summed E-state index contributed by atoms with van der Waals surface area (Å²) in [6, 6.07) is 8.74. The Bertz CT molecular complexity index is 708. The molecule has 7 heteroatoms. The molecule has 0 unspecified atom stereocenters. The first-order valence-corrected chi connectivity index (χ1v) is 8.28. The van der Waals surface area contributed by atoms with Gasteiger partial charge in [-0.15, -0.1) is 0 Å². The first-order chi connectivity index (χ1) is 9.92. The van der Waals surface area contributed by atoms with Crippen LogP contribution in [0.15, 0.2) is 41.4 Å². The van der Waals surface area contributed by atoms with Crippen LogP contribution in [0, 0.1) is 0 Å². The number of hydrogen-bond acceptors (Lipinski definition) is 3. The van der Waals surface area contributed by atoms with Crippen LogP contribution >= 0.6 is 11.6 Å². The van der Waals surface area contributed by atoms with Gasteiger partial charge in [-0.2, -0.15) is 0 Å². The fourth-order valence-corrected chi connectivity index (χ4v) is 3.20. The number of aliphatic hydroxyl groups excluding tert-OH is 1. The third-order valence-electron chi connectivity index (χ3n) is 3.17. The highest BCUT2D eigenvalue weighted by Gasteiger charge is 2.16. The predicted molar refractivity (Wildman–Crippen MR) is 81.7 cm³/mol. The van der Waals surface area contributed by atoms with E-state index in [1.165, 1.54) is 12.3 Å². The molecule has 0 aliphatic rings. The maximum absolute atomic E-state index is 12.1. The molecule has 0 fully saturated rings. The Labute approximate surface area is 129 Å². The molecule has 0 aliphatic heterocycles. The van der Waals surface area contributed by atoms with Crippen molar-refractivity contribution in [1.29, 1.82) is 0 Å². The Morgan fingerprint density at radius 1 is 1.29 bits per heavy atom. The monoisotopic (exact) mass is 328 g/mol. The van der Waals surface area contributed by atoms with Gasteiger partial charge in [0.25, 0.3) is 0 Å². The van der Waals surface area contributed by atoms with E-state index < -0.39 is 10.0 Å². The minimum absolute atomic E-state index is 0.158. The molecule has 114 valence electrons. The van der Waals surface area contributed by atoms with Gasteiger partial charge < -0.3 is 9.67 Å². The molecule has 0 spiro atoms. The summed E-state index contributed by atoms with van der Waals surface area (Å²) in [7, 11) is -1.87. The van der Waals surface area contributed by atoms with Crippen molar-refractivity contribution in [2.24, 2.45) is 7.05 Å². The Balaban J connectivity index is 1.99. The van der Waals surface area contributed by atoms with Gasteiger partial charge in [0.05, 0.1) is 11.5 Å². The largest absolute Gasteiger partial charge is 0.390 e. The molecule has 1 heterocycles. The van der Waals surface area contributed by atoms with Crippen LogP contribution < -0.4 is 4.72 Å². The van der Waals surface area contributed by atoms with Gasteiger partial charge in [-0.3, -0.25) is 0 Å².